The summed E-state index contributed by atoms with van der Waals surface area (Å²) in [6, 6.07) is 4.85. The number of amides is 4. The summed E-state index contributed by atoms with van der Waals surface area (Å²) in [4.78, 5) is 72.1. The second kappa shape index (κ2) is 14.1. The van der Waals surface area contributed by atoms with Gasteiger partial charge in [-0.25, -0.2) is 0 Å². The summed E-state index contributed by atoms with van der Waals surface area (Å²) in [7, 11) is 0. The van der Waals surface area contributed by atoms with E-state index in [0.29, 0.717) is 24.9 Å². The molecule has 4 amide bonds. The Kier molecular flexibility index (Phi) is 10.2. The first-order valence-corrected chi connectivity index (χ1v) is 16.4. The second-order valence-corrected chi connectivity index (χ2v) is 13.3. The van der Waals surface area contributed by atoms with E-state index in [2.05, 4.69) is 20.9 Å². The first kappa shape index (κ1) is 31.9. The van der Waals surface area contributed by atoms with E-state index in [1.54, 1.807) is 21.9 Å². The van der Waals surface area contributed by atoms with Crippen molar-refractivity contribution in [2.45, 2.75) is 89.9 Å². The van der Waals surface area contributed by atoms with Gasteiger partial charge >= 0.3 is 0 Å². The van der Waals surface area contributed by atoms with Gasteiger partial charge in [0.25, 0.3) is 5.91 Å². The molecular weight excluding hydrogens is 560 g/mol. The number of piperazine rings is 1. The van der Waals surface area contributed by atoms with Gasteiger partial charge < -0.3 is 30.7 Å². The third kappa shape index (κ3) is 7.08. The molecule has 4 fully saturated rings. The molecule has 0 spiro atoms. The smallest absolute Gasteiger partial charge is 0.251 e. The number of nitrogens with one attached hydrogen (secondary N) is 3. The topological polar surface area (TPSA) is 131 Å². The van der Waals surface area contributed by atoms with Gasteiger partial charge in [0.15, 0.2) is 5.78 Å². The number of likely N-dealkylation sites (tertiary alicyclic amines) is 2. The van der Waals surface area contributed by atoms with Gasteiger partial charge in [-0.3, -0.25) is 24.0 Å². The summed E-state index contributed by atoms with van der Waals surface area (Å²) in [5, 5.41) is 9.17. The quantitative estimate of drug-likeness (QED) is 0.389. The minimum absolute atomic E-state index is 0.0463. The van der Waals surface area contributed by atoms with Gasteiger partial charge in [0.1, 0.15) is 18.1 Å². The van der Waals surface area contributed by atoms with Crippen molar-refractivity contribution >= 4 is 35.1 Å². The van der Waals surface area contributed by atoms with E-state index < -0.39 is 24.2 Å². The highest BCUT2D eigenvalue weighted by atomic mass is 16.2. The third-order valence-corrected chi connectivity index (χ3v) is 9.66. The molecule has 0 radical (unpaired) electrons. The molecule has 1 aliphatic carbocycles. The minimum atomic E-state index is -0.791. The Morgan fingerprint density at radius 3 is 2.20 bits per heavy atom. The number of hydrogen-bond donors (Lipinski definition) is 3. The van der Waals surface area contributed by atoms with Crippen molar-refractivity contribution in [3.8, 4) is 0 Å². The molecule has 4 atom stereocenters. The molecule has 4 aliphatic rings. The Bertz CT molecular complexity index is 1220. The molecule has 4 unspecified atom stereocenters. The average Bonchev–Trinajstić information content (AvgIpc) is 3.60. The first-order chi connectivity index (χ1) is 21.1. The van der Waals surface area contributed by atoms with Crippen molar-refractivity contribution in [2.75, 3.05) is 44.2 Å². The zero-order valence-corrected chi connectivity index (χ0v) is 26.3. The van der Waals surface area contributed by atoms with Gasteiger partial charge in [0, 0.05) is 50.9 Å². The SMILES string of the molecule is CC(=O)NC(C(=O)N1CC(=O)C2C1CCN2C(=O)C(CC(C)C)NC(=O)c1ccc(N2CCNCC2)cc1)C1CCCCC1. The lowest BCUT2D eigenvalue weighted by molar-refractivity contribution is -0.139. The van der Waals surface area contributed by atoms with Crippen LogP contribution in [0.4, 0.5) is 5.69 Å². The van der Waals surface area contributed by atoms with Gasteiger partial charge in [-0.15, -0.1) is 0 Å². The molecule has 3 saturated heterocycles. The number of carbonyl (C=O) groups is 5. The predicted molar refractivity (Wildman–Crippen MR) is 167 cm³/mol. The number of ketones is 1. The molecule has 1 saturated carbocycles. The summed E-state index contributed by atoms with van der Waals surface area (Å²) < 4.78 is 0. The molecule has 3 N–H and O–H groups in total. The van der Waals surface area contributed by atoms with Crippen molar-refractivity contribution in [1.82, 2.24) is 25.8 Å². The third-order valence-electron chi connectivity index (χ3n) is 9.66. The summed E-state index contributed by atoms with van der Waals surface area (Å²) in [5.74, 6) is -1.09. The number of nitrogens with zero attached hydrogens (tertiary/aromatic N) is 3. The van der Waals surface area contributed by atoms with Crippen molar-refractivity contribution in [2.24, 2.45) is 11.8 Å². The normalized spacial score (nSPS) is 23.8. The van der Waals surface area contributed by atoms with E-state index in [4.69, 9.17) is 0 Å². The molecule has 3 heterocycles. The second-order valence-electron chi connectivity index (χ2n) is 13.3. The van der Waals surface area contributed by atoms with Crippen molar-refractivity contribution in [3.63, 3.8) is 0 Å². The Morgan fingerprint density at radius 1 is 0.886 bits per heavy atom. The van der Waals surface area contributed by atoms with Crippen LogP contribution in [-0.2, 0) is 19.2 Å². The predicted octanol–water partition coefficient (Wildman–Crippen LogP) is 1.71. The van der Waals surface area contributed by atoms with Gasteiger partial charge in [-0.1, -0.05) is 33.1 Å². The van der Waals surface area contributed by atoms with Crippen molar-refractivity contribution in [3.05, 3.63) is 29.8 Å². The van der Waals surface area contributed by atoms with Crippen LogP contribution in [0.3, 0.4) is 0 Å². The maximum absolute atomic E-state index is 14.0. The van der Waals surface area contributed by atoms with Crippen LogP contribution in [0.5, 0.6) is 0 Å². The first-order valence-electron chi connectivity index (χ1n) is 16.4. The van der Waals surface area contributed by atoms with Crippen LogP contribution in [0.1, 0.15) is 76.1 Å². The molecule has 44 heavy (non-hydrogen) atoms. The molecule has 11 nitrogen and oxygen atoms in total. The summed E-state index contributed by atoms with van der Waals surface area (Å²) in [6.07, 6.45) is 5.81. The zero-order chi connectivity index (χ0) is 31.4. The molecule has 5 rings (SSSR count). The van der Waals surface area contributed by atoms with Gasteiger partial charge in [-0.2, -0.15) is 0 Å². The molecule has 240 valence electrons. The molecule has 0 aromatic heterocycles. The number of Topliss-reactive ketones (excluding diaryl/α,β-unsaturated/α-hetero) is 1. The fourth-order valence-electron chi connectivity index (χ4n) is 7.49. The summed E-state index contributed by atoms with van der Waals surface area (Å²) in [5.41, 5.74) is 1.54. The van der Waals surface area contributed by atoms with E-state index in [9.17, 15) is 24.0 Å². The highest BCUT2D eigenvalue weighted by Crippen LogP contribution is 2.34. The van der Waals surface area contributed by atoms with Crippen LogP contribution in [-0.4, -0.2) is 103 Å². The fraction of sp³-hybridized carbons (Fsp3) is 0.667. The summed E-state index contributed by atoms with van der Waals surface area (Å²) in [6.45, 7) is 9.33. The average molecular weight is 609 g/mol. The minimum Gasteiger partial charge on any atom is -0.369 e. The van der Waals surface area contributed by atoms with Crippen LogP contribution in [0.25, 0.3) is 0 Å². The van der Waals surface area contributed by atoms with E-state index in [0.717, 1.165) is 64.0 Å². The standard InChI is InChI=1S/C33H48N6O5/c1-21(2)19-26(36-31(42)24-9-11-25(12-10-24)37-17-14-34-15-18-37)32(43)38-16-13-27-30(38)28(41)20-39(27)33(44)29(35-22(3)40)23-7-5-4-6-8-23/h9-12,21,23,26-27,29-30,34H,4-8,13-20H2,1-3H3,(H,35,40)(H,36,42). The van der Waals surface area contributed by atoms with Gasteiger partial charge in [0.2, 0.25) is 17.7 Å². The zero-order valence-electron chi connectivity index (χ0n) is 26.3. The van der Waals surface area contributed by atoms with Crippen molar-refractivity contribution < 1.29 is 24.0 Å². The Labute approximate surface area is 260 Å². The van der Waals surface area contributed by atoms with Crippen LogP contribution in [0.15, 0.2) is 24.3 Å². The number of carbonyl (C=O) groups excluding carboxylic acids is 5. The highest BCUT2D eigenvalue weighted by molar-refractivity contribution is 6.01. The van der Waals surface area contributed by atoms with Gasteiger partial charge in [0.05, 0.1) is 12.6 Å². The van der Waals surface area contributed by atoms with Crippen LogP contribution >= 0.6 is 0 Å². The van der Waals surface area contributed by atoms with Crippen LogP contribution in [0.2, 0.25) is 0 Å². The molecule has 3 aliphatic heterocycles. The molecule has 11 heteroatoms. The van der Waals surface area contributed by atoms with E-state index >= 15 is 0 Å². The number of rotatable bonds is 9. The fourth-order valence-corrected chi connectivity index (χ4v) is 7.49. The summed E-state index contributed by atoms with van der Waals surface area (Å²) >= 11 is 0. The van der Waals surface area contributed by atoms with Crippen LogP contribution in [0, 0.1) is 11.8 Å². The maximum Gasteiger partial charge on any atom is 0.251 e. The number of anilines is 1. The maximum atomic E-state index is 14.0. The Hall–Kier alpha value is -3.47. The van der Waals surface area contributed by atoms with E-state index in [-0.39, 0.29) is 47.8 Å². The number of benzene rings is 1. The molecule has 1 aromatic rings. The molecule has 0 bridgehead atoms. The Morgan fingerprint density at radius 2 is 1.57 bits per heavy atom. The van der Waals surface area contributed by atoms with E-state index in [1.807, 2.05) is 26.0 Å². The van der Waals surface area contributed by atoms with Gasteiger partial charge in [-0.05, 0) is 61.8 Å². The highest BCUT2D eigenvalue weighted by Gasteiger charge is 2.53. The Balaban J connectivity index is 1.27. The van der Waals surface area contributed by atoms with Crippen molar-refractivity contribution in [1.29, 1.82) is 0 Å². The lowest BCUT2D eigenvalue weighted by Crippen LogP contribution is -2.55. The monoisotopic (exact) mass is 608 g/mol. The number of hydrogen-bond acceptors (Lipinski definition) is 7. The van der Waals surface area contributed by atoms with E-state index in [1.165, 1.54) is 6.92 Å². The lowest BCUT2D eigenvalue weighted by Gasteiger charge is -2.34. The lowest BCUT2D eigenvalue weighted by atomic mass is 9.83. The molecule has 1 aromatic carbocycles. The number of fused-ring (bicyclic) bond motifs is 1. The van der Waals surface area contributed by atoms with Crippen LogP contribution < -0.4 is 20.9 Å². The molecular formula is C33H48N6O5. The largest absolute Gasteiger partial charge is 0.369 e.